The molecule has 0 aromatic carbocycles. The van der Waals surface area contributed by atoms with Crippen LogP contribution in [0.1, 0.15) is 0 Å². The van der Waals surface area contributed by atoms with Gasteiger partial charge in [0.1, 0.15) is 12.2 Å². The third-order valence-corrected chi connectivity index (χ3v) is 2.00. The second-order valence-electron chi connectivity index (χ2n) is 2.79. The van der Waals surface area contributed by atoms with Gasteiger partial charge < -0.3 is 25.4 Å². The molecule has 12 heavy (non-hydrogen) atoms. The van der Waals surface area contributed by atoms with Crippen LogP contribution >= 0.6 is 0 Å². The molecular weight excluding hydrogens is 164 g/mol. The summed E-state index contributed by atoms with van der Waals surface area (Å²) in [7, 11) is 0. The second kappa shape index (κ2) is 2.58. The molecule has 0 aromatic rings. The lowest BCUT2D eigenvalue weighted by Gasteiger charge is -2.13. The Morgan fingerprint density at radius 1 is 1.58 bits per heavy atom. The normalized spacial score (nSPS) is 45.3. The summed E-state index contributed by atoms with van der Waals surface area (Å²) in [5.74, 6) is 0. The monoisotopic (exact) mass is 174 g/mol. The smallest absolute Gasteiger partial charge is 0.285 e. The number of aliphatic hydroxyl groups is 2. The number of nitrogens with zero attached hydrogens (tertiary/aromatic N) is 1. The van der Waals surface area contributed by atoms with Gasteiger partial charge in [0.15, 0.2) is 12.3 Å². The molecule has 6 heteroatoms. The third kappa shape index (κ3) is 0.961. The van der Waals surface area contributed by atoms with Crippen molar-refractivity contribution in [1.82, 2.24) is 0 Å². The highest BCUT2D eigenvalue weighted by atomic mass is 16.6. The highest BCUT2D eigenvalue weighted by Crippen LogP contribution is 2.28. The molecule has 0 amide bonds. The van der Waals surface area contributed by atoms with E-state index in [1.165, 1.54) is 0 Å². The summed E-state index contributed by atoms with van der Waals surface area (Å²) in [6.45, 7) is -0.243. The first kappa shape index (κ1) is 7.78. The van der Waals surface area contributed by atoms with Crippen LogP contribution in [0.25, 0.3) is 0 Å². The van der Waals surface area contributed by atoms with Crippen molar-refractivity contribution in [2.45, 2.75) is 24.5 Å². The van der Waals surface area contributed by atoms with E-state index in [2.05, 4.69) is 4.99 Å². The number of ether oxygens (including phenoxy) is 2. The minimum Gasteiger partial charge on any atom is -0.454 e. The van der Waals surface area contributed by atoms with Crippen molar-refractivity contribution in [3.63, 3.8) is 0 Å². The predicted octanol–water partition coefficient (Wildman–Crippen LogP) is -2.22. The molecule has 2 aliphatic heterocycles. The zero-order valence-electron chi connectivity index (χ0n) is 6.25. The Morgan fingerprint density at radius 2 is 2.33 bits per heavy atom. The largest absolute Gasteiger partial charge is 0.454 e. The van der Waals surface area contributed by atoms with Crippen LogP contribution in [0, 0.1) is 0 Å². The van der Waals surface area contributed by atoms with Crippen LogP contribution < -0.4 is 5.73 Å². The molecule has 2 aliphatic rings. The van der Waals surface area contributed by atoms with Gasteiger partial charge in [0.25, 0.3) is 6.02 Å². The maximum atomic E-state index is 9.44. The molecule has 68 valence electrons. The molecule has 0 aliphatic carbocycles. The van der Waals surface area contributed by atoms with Crippen LogP contribution in [0.4, 0.5) is 0 Å². The molecule has 4 atom stereocenters. The van der Waals surface area contributed by atoms with E-state index < -0.39 is 24.5 Å². The Morgan fingerprint density at radius 3 is 2.92 bits per heavy atom. The highest BCUT2D eigenvalue weighted by molar-refractivity contribution is 5.73. The summed E-state index contributed by atoms with van der Waals surface area (Å²) < 4.78 is 10.1. The lowest BCUT2D eigenvalue weighted by Crippen LogP contribution is -2.35. The van der Waals surface area contributed by atoms with E-state index in [1.807, 2.05) is 0 Å². The third-order valence-electron chi connectivity index (χ3n) is 2.00. The fraction of sp³-hybridized carbons (Fsp3) is 0.833. The molecule has 0 radical (unpaired) electrons. The molecule has 2 rings (SSSR count). The summed E-state index contributed by atoms with van der Waals surface area (Å²) in [5.41, 5.74) is 5.25. The fourth-order valence-electron chi connectivity index (χ4n) is 1.40. The van der Waals surface area contributed by atoms with Gasteiger partial charge in [0, 0.05) is 0 Å². The Labute approximate surface area is 68.6 Å². The molecule has 6 nitrogen and oxygen atoms in total. The molecule has 2 heterocycles. The van der Waals surface area contributed by atoms with Crippen LogP contribution in [0.3, 0.4) is 0 Å². The van der Waals surface area contributed by atoms with Crippen molar-refractivity contribution >= 4 is 6.02 Å². The van der Waals surface area contributed by atoms with Crippen molar-refractivity contribution in [1.29, 1.82) is 0 Å². The van der Waals surface area contributed by atoms with E-state index in [4.69, 9.17) is 20.3 Å². The average molecular weight is 174 g/mol. The molecule has 0 spiro atoms. The van der Waals surface area contributed by atoms with Gasteiger partial charge in [-0.3, -0.25) is 0 Å². The molecule has 0 bridgehead atoms. The number of hydrogen-bond donors (Lipinski definition) is 3. The highest BCUT2D eigenvalue weighted by Gasteiger charge is 2.48. The van der Waals surface area contributed by atoms with Crippen molar-refractivity contribution in [2.75, 3.05) is 6.61 Å². The number of amidine groups is 1. The van der Waals surface area contributed by atoms with Crippen molar-refractivity contribution in [2.24, 2.45) is 10.7 Å². The first-order valence-corrected chi connectivity index (χ1v) is 3.66. The number of fused-ring (bicyclic) bond motifs is 1. The standard InChI is InChI=1S/C6H10N2O4/c7-6-8-5-4(12-6)3(10)2(1-9)11-5/h2-5,9-10H,1H2,(H2,7,8)/t2-,3-,4?,5?/m1/s1. The van der Waals surface area contributed by atoms with Gasteiger partial charge in [-0.05, 0) is 0 Å². The maximum absolute atomic E-state index is 9.44. The van der Waals surface area contributed by atoms with E-state index in [1.54, 1.807) is 0 Å². The van der Waals surface area contributed by atoms with E-state index in [9.17, 15) is 5.11 Å². The quantitative estimate of drug-likeness (QED) is 0.418. The molecule has 1 fully saturated rings. The van der Waals surface area contributed by atoms with Crippen LogP contribution in [0.15, 0.2) is 4.99 Å². The first-order chi connectivity index (χ1) is 5.72. The molecule has 4 N–H and O–H groups in total. The van der Waals surface area contributed by atoms with E-state index in [-0.39, 0.29) is 12.6 Å². The molecule has 2 unspecified atom stereocenters. The van der Waals surface area contributed by atoms with Gasteiger partial charge in [0.2, 0.25) is 0 Å². The summed E-state index contributed by atoms with van der Waals surface area (Å²) in [5, 5.41) is 18.2. The van der Waals surface area contributed by atoms with E-state index in [0.717, 1.165) is 0 Å². The Kier molecular flexibility index (Phi) is 1.67. The lowest BCUT2D eigenvalue weighted by atomic mass is 10.1. The lowest BCUT2D eigenvalue weighted by molar-refractivity contribution is -0.0206. The van der Waals surface area contributed by atoms with Gasteiger partial charge in [-0.25, -0.2) is 0 Å². The predicted molar refractivity (Wildman–Crippen MR) is 38.2 cm³/mol. The SMILES string of the molecule is NC1=NC2O[C@H](CO)[C@@H](O)C2O1. The average Bonchev–Trinajstić information content (AvgIpc) is 2.51. The second-order valence-corrected chi connectivity index (χ2v) is 2.79. The number of aliphatic hydroxyl groups excluding tert-OH is 2. The van der Waals surface area contributed by atoms with Crippen LogP contribution in [-0.4, -0.2) is 47.4 Å². The van der Waals surface area contributed by atoms with Gasteiger partial charge in [0.05, 0.1) is 6.61 Å². The summed E-state index contributed by atoms with van der Waals surface area (Å²) in [4.78, 5) is 3.78. The molecule has 0 aromatic heterocycles. The van der Waals surface area contributed by atoms with Gasteiger partial charge in [-0.1, -0.05) is 0 Å². The summed E-state index contributed by atoms with van der Waals surface area (Å²) in [6, 6.07) is 0.0282. The number of nitrogens with two attached hydrogens (primary N) is 1. The van der Waals surface area contributed by atoms with Crippen molar-refractivity contribution in [3.8, 4) is 0 Å². The van der Waals surface area contributed by atoms with Crippen LogP contribution in [-0.2, 0) is 9.47 Å². The zero-order chi connectivity index (χ0) is 8.72. The number of aliphatic imine (C=N–C) groups is 1. The topological polar surface area (TPSA) is 97.3 Å². The van der Waals surface area contributed by atoms with Crippen LogP contribution in [0.5, 0.6) is 0 Å². The van der Waals surface area contributed by atoms with Gasteiger partial charge >= 0.3 is 0 Å². The summed E-state index contributed by atoms with van der Waals surface area (Å²) in [6.07, 6.45) is -2.58. The molecule has 0 saturated carbocycles. The van der Waals surface area contributed by atoms with E-state index >= 15 is 0 Å². The Bertz CT molecular complexity index is 220. The van der Waals surface area contributed by atoms with Crippen molar-refractivity contribution < 1.29 is 19.7 Å². The molecule has 1 saturated heterocycles. The zero-order valence-corrected chi connectivity index (χ0v) is 6.25. The first-order valence-electron chi connectivity index (χ1n) is 3.66. The number of rotatable bonds is 1. The minimum absolute atomic E-state index is 0.0282. The maximum Gasteiger partial charge on any atom is 0.285 e. The Balaban J connectivity index is 2.10. The van der Waals surface area contributed by atoms with Crippen molar-refractivity contribution in [3.05, 3.63) is 0 Å². The number of hydrogen-bond acceptors (Lipinski definition) is 6. The van der Waals surface area contributed by atoms with Gasteiger partial charge in [-0.15, -0.1) is 0 Å². The van der Waals surface area contributed by atoms with Gasteiger partial charge in [-0.2, -0.15) is 4.99 Å². The van der Waals surface area contributed by atoms with E-state index in [0.29, 0.717) is 0 Å². The fourth-order valence-corrected chi connectivity index (χ4v) is 1.40. The summed E-state index contributed by atoms with van der Waals surface area (Å²) >= 11 is 0. The Hall–Kier alpha value is -0.850. The van der Waals surface area contributed by atoms with Crippen LogP contribution in [0.2, 0.25) is 0 Å². The molecular formula is C6H10N2O4. The minimum atomic E-state index is -0.857.